The maximum absolute atomic E-state index is 13.2. The molecule has 2 fully saturated rings. The molecule has 0 bridgehead atoms. The highest BCUT2D eigenvalue weighted by atomic mass is 32.2. The van der Waals surface area contributed by atoms with E-state index in [0.717, 1.165) is 31.4 Å². The van der Waals surface area contributed by atoms with Crippen molar-refractivity contribution in [1.82, 2.24) is 4.90 Å². The molecule has 34 heavy (non-hydrogen) atoms. The van der Waals surface area contributed by atoms with Crippen LogP contribution >= 0.6 is 0 Å². The Labute approximate surface area is 190 Å². The third-order valence-electron chi connectivity index (χ3n) is 6.25. The quantitative estimate of drug-likeness (QED) is 0.564. The lowest BCUT2D eigenvalue weighted by molar-refractivity contribution is -0.191. The van der Waals surface area contributed by atoms with Crippen LogP contribution in [0.4, 0.5) is 26.3 Å². The number of amides is 1. The zero-order valence-corrected chi connectivity index (χ0v) is 18.7. The lowest BCUT2D eigenvalue weighted by atomic mass is 10.1. The number of hydrogen-bond donors (Lipinski definition) is 0. The molecule has 188 valence electrons. The standard InChI is InChI=1S/C20H20F6N2O5S/c1-10(19(21,22)23)32-14-4-3-12(34(2,30)31)5-13(14)16(29)28-8-11-6-18(11,9-28)17-27-7-15(33-17)20(24,25)26/h3-5,10-11,15H,6-9H2,1-2H3/t10-,11?,15?,18?/m0/s1. The fourth-order valence-electron chi connectivity index (χ4n) is 4.23. The van der Waals surface area contributed by atoms with Gasteiger partial charge in [0.05, 0.1) is 22.4 Å². The minimum atomic E-state index is -4.73. The van der Waals surface area contributed by atoms with Crippen molar-refractivity contribution in [1.29, 1.82) is 0 Å². The molecule has 7 nitrogen and oxygen atoms in total. The van der Waals surface area contributed by atoms with Crippen molar-refractivity contribution in [3.63, 3.8) is 0 Å². The van der Waals surface area contributed by atoms with Gasteiger partial charge in [0.25, 0.3) is 5.91 Å². The molecule has 14 heteroatoms. The van der Waals surface area contributed by atoms with Gasteiger partial charge in [-0.2, -0.15) is 26.3 Å². The van der Waals surface area contributed by atoms with Crippen LogP contribution in [-0.4, -0.2) is 75.6 Å². The van der Waals surface area contributed by atoms with E-state index in [2.05, 4.69) is 4.99 Å². The maximum Gasteiger partial charge on any atom is 0.427 e. The molecule has 3 aliphatic rings. The number of carbonyl (C=O) groups excluding carboxylic acids is 1. The van der Waals surface area contributed by atoms with Gasteiger partial charge in [-0.05, 0) is 37.5 Å². The van der Waals surface area contributed by atoms with E-state index in [1.165, 1.54) is 4.90 Å². The van der Waals surface area contributed by atoms with Gasteiger partial charge >= 0.3 is 12.4 Å². The minimum Gasteiger partial charge on any atom is -0.480 e. The third-order valence-corrected chi connectivity index (χ3v) is 7.36. The van der Waals surface area contributed by atoms with Crippen LogP contribution in [0.15, 0.2) is 28.1 Å². The van der Waals surface area contributed by atoms with Crippen LogP contribution < -0.4 is 4.74 Å². The summed E-state index contributed by atoms with van der Waals surface area (Å²) in [5.74, 6) is -1.56. The molecular formula is C20H20F6N2O5S. The number of rotatable bonds is 5. The molecule has 0 radical (unpaired) electrons. The summed E-state index contributed by atoms with van der Waals surface area (Å²) in [6.45, 7) is 0.211. The Kier molecular flexibility index (Phi) is 5.61. The highest BCUT2D eigenvalue weighted by molar-refractivity contribution is 7.90. The maximum atomic E-state index is 13.2. The van der Waals surface area contributed by atoms with Gasteiger partial charge in [0, 0.05) is 19.3 Å². The highest BCUT2D eigenvalue weighted by Gasteiger charge is 2.67. The van der Waals surface area contributed by atoms with Crippen LogP contribution in [-0.2, 0) is 14.6 Å². The number of likely N-dealkylation sites (tertiary alicyclic amines) is 1. The van der Waals surface area contributed by atoms with Crippen molar-refractivity contribution in [3.8, 4) is 5.75 Å². The number of alkyl halides is 6. The molecule has 0 N–H and O–H groups in total. The molecule has 3 unspecified atom stereocenters. The van der Waals surface area contributed by atoms with Gasteiger partial charge in [-0.3, -0.25) is 9.79 Å². The second-order valence-electron chi connectivity index (χ2n) is 8.77. The lowest BCUT2D eigenvalue weighted by Gasteiger charge is -2.24. The average Bonchev–Trinajstić information content (AvgIpc) is 3.07. The first kappa shape index (κ1) is 24.6. The third kappa shape index (κ3) is 4.43. The molecule has 2 heterocycles. The molecule has 1 saturated carbocycles. The first-order valence-electron chi connectivity index (χ1n) is 10.2. The van der Waals surface area contributed by atoms with E-state index in [4.69, 9.17) is 9.47 Å². The number of aliphatic imine (C=N–C) groups is 1. The summed E-state index contributed by atoms with van der Waals surface area (Å²) < 4.78 is 112. The number of piperidine rings is 1. The Balaban J connectivity index is 1.58. The summed E-state index contributed by atoms with van der Waals surface area (Å²) in [6, 6.07) is 2.96. The van der Waals surface area contributed by atoms with Crippen LogP contribution in [0.1, 0.15) is 23.7 Å². The zero-order valence-electron chi connectivity index (χ0n) is 17.9. The topological polar surface area (TPSA) is 85.3 Å². The van der Waals surface area contributed by atoms with Gasteiger partial charge in [-0.25, -0.2) is 8.42 Å². The molecule has 0 spiro atoms. The van der Waals surface area contributed by atoms with Gasteiger partial charge in [-0.1, -0.05) is 0 Å². The normalized spacial score (nSPS) is 27.6. The zero-order chi connectivity index (χ0) is 25.3. The monoisotopic (exact) mass is 514 g/mol. The van der Waals surface area contributed by atoms with Crippen LogP contribution in [0.3, 0.4) is 0 Å². The van der Waals surface area contributed by atoms with Crippen LogP contribution in [0, 0.1) is 11.3 Å². The number of fused-ring (bicyclic) bond motifs is 1. The van der Waals surface area contributed by atoms with Crippen molar-refractivity contribution in [3.05, 3.63) is 23.8 Å². The molecule has 4 atom stereocenters. The molecule has 1 saturated heterocycles. The van der Waals surface area contributed by atoms with Crippen molar-refractivity contribution < 1.29 is 49.0 Å². The molecule has 0 aromatic heterocycles. The van der Waals surface area contributed by atoms with Crippen LogP contribution in [0.5, 0.6) is 5.75 Å². The molecule has 1 aliphatic carbocycles. The molecular weight excluding hydrogens is 494 g/mol. The summed E-state index contributed by atoms with van der Waals surface area (Å²) in [4.78, 5) is 18.1. The van der Waals surface area contributed by atoms with E-state index in [-0.39, 0.29) is 29.8 Å². The van der Waals surface area contributed by atoms with E-state index in [1.807, 2.05) is 0 Å². The Morgan fingerprint density at radius 1 is 1.26 bits per heavy atom. The van der Waals surface area contributed by atoms with Gasteiger partial charge < -0.3 is 14.4 Å². The van der Waals surface area contributed by atoms with Gasteiger partial charge in [0.2, 0.25) is 6.10 Å². The predicted molar refractivity (Wildman–Crippen MR) is 105 cm³/mol. The lowest BCUT2D eigenvalue weighted by Crippen LogP contribution is -2.37. The summed E-state index contributed by atoms with van der Waals surface area (Å²) >= 11 is 0. The van der Waals surface area contributed by atoms with Gasteiger partial charge in [-0.15, -0.1) is 0 Å². The largest absolute Gasteiger partial charge is 0.480 e. The average molecular weight is 514 g/mol. The highest BCUT2D eigenvalue weighted by Crippen LogP contribution is 2.60. The summed E-state index contributed by atoms with van der Waals surface area (Å²) in [5.41, 5.74) is -1.28. The second kappa shape index (κ2) is 7.75. The van der Waals surface area contributed by atoms with Crippen molar-refractivity contribution in [2.24, 2.45) is 16.3 Å². The van der Waals surface area contributed by atoms with Crippen LogP contribution in [0.25, 0.3) is 0 Å². The summed E-state index contributed by atoms with van der Waals surface area (Å²) in [6.07, 6.45) is -12.3. The van der Waals surface area contributed by atoms with Gasteiger partial charge in [0.15, 0.2) is 21.8 Å². The first-order chi connectivity index (χ1) is 15.5. The van der Waals surface area contributed by atoms with Crippen molar-refractivity contribution in [2.45, 2.75) is 42.8 Å². The van der Waals surface area contributed by atoms with E-state index in [9.17, 15) is 39.6 Å². The van der Waals surface area contributed by atoms with Crippen LogP contribution in [0.2, 0.25) is 0 Å². The first-order valence-corrected chi connectivity index (χ1v) is 12.1. The molecule has 1 aromatic carbocycles. The number of ether oxygens (including phenoxy) is 2. The number of nitrogens with zero attached hydrogens (tertiary/aromatic N) is 2. The van der Waals surface area contributed by atoms with E-state index >= 15 is 0 Å². The van der Waals surface area contributed by atoms with Crippen molar-refractivity contribution >= 4 is 21.6 Å². The fraction of sp³-hybridized carbons (Fsp3) is 0.600. The number of sulfone groups is 1. The molecule has 1 amide bonds. The molecule has 2 aliphatic heterocycles. The predicted octanol–water partition coefficient (Wildman–Crippen LogP) is 3.24. The van der Waals surface area contributed by atoms with Gasteiger partial charge in [0.1, 0.15) is 5.75 Å². The van der Waals surface area contributed by atoms with E-state index in [0.29, 0.717) is 6.42 Å². The number of halogens is 6. The Morgan fingerprint density at radius 3 is 2.50 bits per heavy atom. The number of benzene rings is 1. The summed E-state index contributed by atoms with van der Waals surface area (Å²) in [7, 11) is -3.80. The Morgan fingerprint density at radius 2 is 1.94 bits per heavy atom. The number of hydrogen-bond acceptors (Lipinski definition) is 6. The second-order valence-corrected chi connectivity index (χ2v) is 10.8. The smallest absolute Gasteiger partial charge is 0.427 e. The summed E-state index contributed by atoms with van der Waals surface area (Å²) in [5, 5.41) is 0. The fourth-order valence-corrected chi connectivity index (χ4v) is 4.87. The van der Waals surface area contributed by atoms with E-state index < -0.39 is 63.6 Å². The van der Waals surface area contributed by atoms with Crippen molar-refractivity contribution in [2.75, 3.05) is 25.9 Å². The molecule has 1 aromatic rings. The SMILES string of the molecule is C[C@H](Oc1ccc(S(C)(=O)=O)cc1C(=O)N1CC2CC2(C2=NCC(C(F)(F)F)O2)C1)C(F)(F)F. The van der Waals surface area contributed by atoms with E-state index in [1.54, 1.807) is 0 Å². The Hall–Kier alpha value is -2.51. The number of carbonyl (C=O) groups is 1. The Bertz CT molecular complexity index is 1150. The minimum absolute atomic E-state index is 0.0583. The molecule has 4 rings (SSSR count).